The van der Waals surface area contributed by atoms with E-state index in [1.54, 1.807) is 12.1 Å². The van der Waals surface area contributed by atoms with E-state index in [1.807, 2.05) is 0 Å². The molecule has 3 nitrogen and oxygen atoms in total. The summed E-state index contributed by atoms with van der Waals surface area (Å²) in [5.41, 5.74) is 0. The van der Waals surface area contributed by atoms with Gasteiger partial charge < -0.3 is 15.3 Å². The Labute approximate surface area is 147 Å². The van der Waals surface area contributed by atoms with Crippen LogP contribution in [0.2, 0.25) is 0 Å². The average Bonchev–Trinajstić information content (AvgIpc) is 2.29. The zero-order valence-corrected chi connectivity index (χ0v) is 15.0. The summed E-state index contributed by atoms with van der Waals surface area (Å²) in [6.07, 6.45) is 0. The van der Waals surface area contributed by atoms with Crippen LogP contribution >= 0.6 is 77.5 Å². The van der Waals surface area contributed by atoms with Gasteiger partial charge in [0.2, 0.25) is 7.59 Å². The van der Waals surface area contributed by atoms with Gasteiger partial charge in [0.25, 0.3) is 0 Å². The Morgan fingerprint density at radius 3 is 1.60 bits per heavy atom. The fourth-order valence-electron chi connectivity index (χ4n) is 1.40. The minimum Gasteiger partial charge on any atom is -0.507 e. The number of halogens is 6. The Kier molecular flexibility index (Phi) is 6.82. The normalized spacial score (nSPS) is 17.6. The van der Waals surface area contributed by atoms with Crippen LogP contribution in [0.1, 0.15) is 0 Å². The summed E-state index contributed by atoms with van der Waals surface area (Å²) in [7, 11) is -2.11. The van der Waals surface area contributed by atoms with Crippen LogP contribution < -0.4 is 5.30 Å². The molecule has 0 aromatic heterocycles. The molecule has 1 aromatic rings. The summed E-state index contributed by atoms with van der Waals surface area (Å²) in [6, 6.07) is 5.91. The molecule has 0 spiro atoms. The Morgan fingerprint density at radius 2 is 1.25 bits per heavy atom. The first kappa shape index (κ1) is 19.2. The van der Waals surface area contributed by atoms with Crippen molar-refractivity contribution in [2.24, 2.45) is 0 Å². The second kappa shape index (κ2) is 7.12. The topological polar surface area (TPSA) is 60.7 Å². The number of phenols is 1. The lowest BCUT2D eigenvalue weighted by molar-refractivity contribution is 0.230. The molecular formula is C10H9Cl6O3P. The van der Waals surface area contributed by atoms with Crippen LogP contribution in [-0.2, 0) is 0 Å². The van der Waals surface area contributed by atoms with Gasteiger partial charge in [-0.3, -0.25) is 0 Å². The standard InChI is InChI=1S/C10H9Cl6O3P/c11-9(12,13)7(18)20(8(19)10(14,15)16)6-4-2-1-3-5(6)17/h1-4,7-8,17-19H. The van der Waals surface area contributed by atoms with Crippen molar-refractivity contribution in [1.82, 2.24) is 0 Å². The lowest BCUT2D eigenvalue weighted by Crippen LogP contribution is -2.37. The summed E-state index contributed by atoms with van der Waals surface area (Å²) in [6.45, 7) is 0. The first-order valence-corrected chi connectivity index (χ1v) is 8.77. The number of hydrogen-bond acceptors (Lipinski definition) is 3. The fraction of sp³-hybridized carbons (Fsp3) is 0.400. The van der Waals surface area contributed by atoms with Crippen molar-refractivity contribution >= 4 is 82.8 Å². The number of aromatic hydroxyl groups is 1. The third-order valence-corrected chi connectivity index (χ3v) is 7.19. The minimum absolute atomic E-state index is 0.153. The Hall–Kier alpha value is 1.11. The molecule has 0 fully saturated rings. The number of rotatable bonds is 3. The zero-order chi connectivity index (χ0) is 15.7. The Morgan fingerprint density at radius 1 is 0.850 bits per heavy atom. The number of hydrogen-bond donors (Lipinski definition) is 3. The largest absolute Gasteiger partial charge is 0.507 e. The van der Waals surface area contributed by atoms with E-state index >= 15 is 0 Å². The maximum Gasteiger partial charge on any atom is 0.220 e. The number of phenolic OH excluding ortho intramolecular Hbond substituents is 1. The van der Waals surface area contributed by atoms with Crippen molar-refractivity contribution in [2.45, 2.75) is 19.3 Å². The highest BCUT2D eigenvalue weighted by Crippen LogP contribution is 2.58. The number of alkyl halides is 6. The van der Waals surface area contributed by atoms with E-state index in [1.165, 1.54) is 12.1 Å². The van der Waals surface area contributed by atoms with E-state index in [2.05, 4.69) is 0 Å². The Bertz CT molecular complexity index is 441. The quantitative estimate of drug-likeness (QED) is 0.514. The van der Waals surface area contributed by atoms with E-state index < -0.39 is 27.2 Å². The molecule has 3 N–H and O–H groups in total. The van der Waals surface area contributed by atoms with Gasteiger partial charge in [0.05, 0.1) is 0 Å². The summed E-state index contributed by atoms with van der Waals surface area (Å²) < 4.78 is -4.24. The smallest absolute Gasteiger partial charge is 0.220 e. The average molecular weight is 421 g/mol. The molecule has 0 radical (unpaired) electrons. The SMILES string of the molecule is Oc1ccccc1P(C(O)C(Cl)(Cl)Cl)C(O)C(Cl)(Cl)Cl. The van der Waals surface area contributed by atoms with Crippen LogP contribution in [0.4, 0.5) is 0 Å². The van der Waals surface area contributed by atoms with Crippen LogP contribution in [0, 0.1) is 0 Å². The highest BCUT2D eigenvalue weighted by atomic mass is 35.6. The van der Waals surface area contributed by atoms with Crippen LogP contribution in [0.3, 0.4) is 0 Å². The van der Waals surface area contributed by atoms with Gasteiger partial charge in [-0.15, -0.1) is 0 Å². The molecular weight excluding hydrogens is 412 g/mol. The molecule has 10 heteroatoms. The van der Waals surface area contributed by atoms with Gasteiger partial charge in [0.1, 0.15) is 17.4 Å². The van der Waals surface area contributed by atoms with Gasteiger partial charge in [0, 0.05) is 5.30 Å². The number of benzene rings is 1. The number of aliphatic hydroxyl groups is 2. The Balaban J connectivity index is 3.33. The second-order valence-electron chi connectivity index (χ2n) is 3.73. The first-order chi connectivity index (χ1) is 8.96. The highest BCUT2D eigenvalue weighted by Gasteiger charge is 2.48. The molecule has 114 valence electrons. The molecule has 0 aliphatic carbocycles. The molecule has 0 amide bonds. The van der Waals surface area contributed by atoms with Gasteiger partial charge >= 0.3 is 0 Å². The predicted molar refractivity (Wildman–Crippen MR) is 87.3 cm³/mol. The molecule has 0 saturated carbocycles. The third kappa shape index (κ3) is 4.81. The van der Waals surface area contributed by atoms with Gasteiger partial charge in [-0.05, 0) is 14.0 Å². The molecule has 1 aromatic carbocycles. The van der Waals surface area contributed by atoms with Gasteiger partial charge in [-0.25, -0.2) is 0 Å². The van der Waals surface area contributed by atoms with Crippen LogP contribution in [0.25, 0.3) is 0 Å². The maximum atomic E-state index is 10.1. The van der Waals surface area contributed by atoms with E-state index in [9.17, 15) is 15.3 Å². The van der Waals surface area contributed by atoms with Crippen molar-refractivity contribution in [3.8, 4) is 5.75 Å². The predicted octanol–water partition coefficient (Wildman–Crippen LogP) is 3.88. The van der Waals surface area contributed by atoms with Crippen molar-refractivity contribution in [2.75, 3.05) is 0 Å². The molecule has 0 bridgehead atoms. The molecule has 20 heavy (non-hydrogen) atoms. The monoisotopic (exact) mass is 418 g/mol. The third-order valence-electron chi connectivity index (χ3n) is 2.27. The van der Waals surface area contributed by atoms with E-state index in [-0.39, 0.29) is 11.1 Å². The van der Waals surface area contributed by atoms with Crippen molar-refractivity contribution in [1.29, 1.82) is 0 Å². The molecule has 2 unspecified atom stereocenters. The van der Waals surface area contributed by atoms with Crippen LogP contribution in [-0.4, -0.2) is 34.6 Å². The summed E-state index contributed by atoms with van der Waals surface area (Å²) in [5, 5.41) is 30.3. The van der Waals surface area contributed by atoms with Gasteiger partial charge in [0.15, 0.2) is 0 Å². The molecule has 0 heterocycles. The van der Waals surface area contributed by atoms with Crippen molar-refractivity contribution in [3.05, 3.63) is 24.3 Å². The number of aliphatic hydroxyl groups excluding tert-OH is 2. The van der Waals surface area contributed by atoms with Gasteiger partial charge in [-0.1, -0.05) is 87.8 Å². The van der Waals surface area contributed by atoms with Crippen molar-refractivity contribution < 1.29 is 15.3 Å². The van der Waals surface area contributed by atoms with E-state index in [0.717, 1.165) is 0 Å². The molecule has 1 rings (SSSR count). The van der Waals surface area contributed by atoms with Crippen LogP contribution in [0.15, 0.2) is 24.3 Å². The zero-order valence-electron chi connectivity index (χ0n) is 9.52. The van der Waals surface area contributed by atoms with E-state index in [4.69, 9.17) is 69.6 Å². The lowest BCUT2D eigenvalue weighted by Gasteiger charge is -2.35. The summed E-state index contributed by atoms with van der Waals surface area (Å²) in [5.74, 6) is -3.51. The van der Waals surface area contributed by atoms with Gasteiger partial charge in [-0.2, -0.15) is 0 Å². The van der Waals surface area contributed by atoms with E-state index in [0.29, 0.717) is 0 Å². The molecule has 2 atom stereocenters. The fourth-order valence-corrected chi connectivity index (χ4v) is 5.31. The first-order valence-electron chi connectivity index (χ1n) is 5.02. The molecule has 0 aliphatic rings. The second-order valence-corrected chi connectivity index (χ2v) is 10.7. The lowest BCUT2D eigenvalue weighted by atomic mass is 10.3. The number of para-hydroxylation sites is 1. The summed E-state index contributed by atoms with van der Waals surface area (Å²) >= 11 is 33.9. The minimum atomic E-state index is -2.12. The highest BCUT2D eigenvalue weighted by molar-refractivity contribution is 7.67. The molecule has 0 saturated heterocycles. The van der Waals surface area contributed by atoms with Crippen LogP contribution in [0.5, 0.6) is 5.75 Å². The maximum absolute atomic E-state index is 10.1. The summed E-state index contributed by atoms with van der Waals surface area (Å²) in [4.78, 5) is 0. The molecule has 0 aliphatic heterocycles. The van der Waals surface area contributed by atoms with Crippen molar-refractivity contribution in [3.63, 3.8) is 0 Å².